The molecule has 2 aliphatic rings. The highest BCUT2D eigenvalue weighted by Gasteiger charge is 2.55. The Kier molecular flexibility index (Phi) is 3.94. The van der Waals surface area contributed by atoms with Gasteiger partial charge in [-0.1, -0.05) is 24.3 Å². The van der Waals surface area contributed by atoms with E-state index >= 15 is 0 Å². The molecular weight excluding hydrogens is 342 g/mol. The number of amides is 3. The summed E-state index contributed by atoms with van der Waals surface area (Å²) in [6.45, 7) is 6.40. The van der Waals surface area contributed by atoms with Gasteiger partial charge in [0.05, 0.1) is 6.54 Å². The number of hydrogen-bond donors (Lipinski definition) is 1. The zero-order chi connectivity index (χ0) is 19.3. The Bertz CT molecular complexity index is 975. The van der Waals surface area contributed by atoms with Crippen molar-refractivity contribution >= 4 is 17.7 Å². The fourth-order valence-corrected chi connectivity index (χ4v) is 4.53. The fourth-order valence-electron chi connectivity index (χ4n) is 4.53. The quantitative estimate of drug-likeness (QED) is 0.669. The van der Waals surface area contributed by atoms with Crippen LogP contribution in [0.4, 0.5) is 4.79 Å². The standard InChI is InChI=1S/C21H23N3O3/c1-4-23-13(2)11-16(14(23)3)18(25)12-24-19(26)21(22-20(24)27)10-9-15-7-5-6-8-17(15)21/h5-8,11H,4,9-10,12H2,1-3H3,(H,22,27). The summed E-state index contributed by atoms with van der Waals surface area (Å²) < 4.78 is 2.05. The minimum absolute atomic E-state index is 0.213. The smallest absolute Gasteiger partial charge is 0.325 e. The van der Waals surface area contributed by atoms with Gasteiger partial charge in [0, 0.05) is 23.5 Å². The summed E-state index contributed by atoms with van der Waals surface area (Å²) in [5.74, 6) is -0.537. The van der Waals surface area contributed by atoms with Crippen molar-refractivity contribution in [3.05, 3.63) is 58.4 Å². The molecule has 1 spiro atoms. The van der Waals surface area contributed by atoms with Gasteiger partial charge in [0.2, 0.25) is 0 Å². The highest BCUT2D eigenvalue weighted by molar-refractivity contribution is 6.12. The first-order valence-corrected chi connectivity index (χ1v) is 9.31. The number of benzene rings is 1. The Morgan fingerprint density at radius 3 is 2.67 bits per heavy atom. The van der Waals surface area contributed by atoms with Crippen molar-refractivity contribution in [2.75, 3.05) is 6.54 Å². The van der Waals surface area contributed by atoms with E-state index in [0.717, 1.165) is 40.4 Å². The molecule has 27 heavy (non-hydrogen) atoms. The number of urea groups is 1. The summed E-state index contributed by atoms with van der Waals surface area (Å²) in [6, 6.07) is 9.02. The van der Waals surface area contributed by atoms with Crippen LogP contribution in [0.3, 0.4) is 0 Å². The molecule has 4 rings (SSSR count). The normalized spacial score (nSPS) is 21.1. The van der Waals surface area contributed by atoms with Crippen LogP contribution in [0.25, 0.3) is 0 Å². The van der Waals surface area contributed by atoms with Gasteiger partial charge in [-0.3, -0.25) is 14.5 Å². The number of fused-ring (bicyclic) bond motifs is 2. The van der Waals surface area contributed by atoms with Crippen molar-refractivity contribution in [3.8, 4) is 0 Å². The van der Waals surface area contributed by atoms with Crippen LogP contribution >= 0.6 is 0 Å². The van der Waals surface area contributed by atoms with E-state index in [4.69, 9.17) is 0 Å². The number of Topliss-reactive ketones (excluding diaryl/α,β-unsaturated/α-hetero) is 1. The van der Waals surface area contributed by atoms with Crippen molar-refractivity contribution in [1.29, 1.82) is 0 Å². The molecule has 2 aromatic rings. The van der Waals surface area contributed by atoms with E-state index in [0.29, 0.717) is 12.0 Å². The summed E-state index contributed by atoms with van der Waals surface area (Å²) in [7, 11) is 0. The van der Waals surface area contributed by atoms with E-state index in [1.807, 2.05) is 55.7 Å². The van der Waals surface area contributed by atoms with Crippen LogP contribution < -0.4 is 5.32 Å². The molecule has 1 aromatic carbocycles. The second-order valence-electron chi connectivity index (χ2n) is 7.34. The number of carbonyl (C=O) groups excluding carboxylic acids is 3. The molecule has 1 aliphatic heterocycles. The fraction of sp³-hybridized carbons (Fsp3) is 0.381. The van der Waals surface area contributed by atoms with Crippen LogP contribution in [0.5, 0.6) is 0 Å². The molecule has 6 nitrogen and oxygen atoms in total. The van der Waals surface area contributed by atoms with Gasteiger partial charge in [-0.15, -0.1) is 0 Å². The summed E-state index contributed by atoms with van der Waals surface area (Å²) in [5, 5.41) is 2.86. The number of nitrogens with one attached hydrogen (secondary N) is 1. The van der Waals surface area contributed by atoms with Crippen LogP contribution in [0.15, 0.2) is 30.3 Å². The number of nitrogens with zero attached hydrogens (tertiary/aromatic N) is 2. The summed E-state index contributed by atoms with van der Waals surface area (Å²) >= 11 is 0. The first-order valence-electron chi connectivity index (χ1n) is 9.31. The van der Waals surface area contributed by atoms with Crippen molar-refractivity contribution < 1.29 is 14.4 Å². The second kappa shape index (κ2) is 6.08. The number of imide groups is 1. The van der Waals surface area contributed by atoms with Crippen LogP contribution in [-0.4, -0.2) is 33.7 Å². The molecule has 1 aliphatic carbocycles. The molecule has 1 atom stereocenters. The van der Waals surface area contributed by atoms with Gasteiger partial charge in [-0.2, -0.15) is 0 Å². The average Bonchev–Trinajstić information content (AvgIpc) is 3.24. The third kappa shape index (κ3) is 2.43. The molecule has 0 saturated carbocycles. The molecule has 140 valence electrons. The molecule has 1 fully saturated rings. The third-order valence-corrected chi connectivity index (χ3v) is 5.91. The van der Waals surface area contributed by atoms with E-state index < -0.39 is 11.6 Å². The van der Waals surface area contributed by atoms with Gasteiger partial charge in [0.1, 0.15) is 5.54 Å². The maximum Gasteiger partial charge on any atom is 0.325 e. The molecule has 0 bridgehead atoms. The number of aromatic nitrogens is 1. The highest BCUT2D eigenvalue weighted by Crippen LogP contribution is 2.41. The second-order valence-corrected chi connectivity index (χ2v) is 7.34. The SMILES string of the molecule is CCn1c(C)cc(C(=O)CN2C(=O)NC3(CCc4ccccc43)C2=O)c1C. The predicted octanol–water partition coefficient (Wildman–Crippen LogP) is 2.70. The Labute approximate surface area is 158 Å². The van der Waals surface area contributed by atoms with Gasteiger partial charge in [0.15, 0.2) is 5.78 Å². The van der Waals surface area contributed by atoms with Crippen LogP contribution in [0.1, 0.15) is 46.2 Å². The van der Waals surface area contributed by atoms with Gasteiger partial charge in [0.25, 0.3) is 5.91 Å². The Morgan fingerprint density at radius 2 is 1.96 bits per heavy atom. The summed E-state index contributed by atoms with van der Waals surface area (Å²) in [4.78, 5) is 39.7. The number of ketones is 1. The van der Waals surface area contributed by atoms with Gasteiger partial charge < -0.3 is 9.88 Å². The maximum atomic E-state index is 13.2. The minimum atomic E-state index is -1.02. The number of rotatable bonds is 4. The molecule has 1 saturated heterocycles. The van der Waals surface area contributed by atoms with E-state index in [9.17, 15) is 14.4 Å². The lowest BCUT2D eigenvalue weighted by Gasteiger charge is -2.22. The Morgan fingerprint density at radius 1 is 1.22 bits per heavy atom. The van der Waals surface area contributed by atoms with E-state index in [2.05, 4.69) is 5.32 Å². The van der Waals surface area contributed by atoms with Crippen LogP contribution in [-0.2, 0) is 23.3 Å². The van der Waals surface area contributed by atoms with E-state index in [1.165, 1.54) is 0 Å². The van der Waals surface area contributed by atoms with E-state index in [-0.39, 0.29) is 18.2 Å². The molecule has 1 N–H and O–H groups in total. The zero-order valence-electron chi connectivity index (χ0n) is 15.8. The molecule has 2 heterocycles. The van der Waals surface area contributed by atoms with E-state index in [1.54, 1.807) is 0 Å². The zero-order valence-corrected chi connectivity index (χ0v) is 15.8. The molecule has 3 amide bonds. The topological polar surface area (TPSA) is 71.4 Å². The van der Waals surface area contributed by atoms with Gasteiger partial charge in [-0.25, -0.2) is 4.79 Å². The number of carbonyl (C=O) groups is 3. The lowest BCUT2D eigenvalue weighted by atomic mass is 9.92. The predicted molar refractivity (Wildman–Crippen MR) is 101 cm³/mol. The number of aryl methyl sites for hydroxylation is 2. The van der Waals surface area contributed by atoms with Gasteiger partial charge in [-0.05, 0) is 50.8 Å². The summed E-state index contributed by atoms with van der Waals surface area (Å²) in [5.41, 5.74) is 3.34. The third-order valence-electron chi connectivity index (χ3n) is 5.91. The van der Waals surface area contributed by atoms with Gasteiger partial charge >= 0.3 is 6.03 Å². The highest BCUT2D eigenvalue weighted by atomic mass is 16.2. The van der Waals surface area contributed by atoms with Crippen LogP contribution in [0.2, 0.25) is 0 Å². The lowest BCUT2D eigenvalue weighted by molar-refractivity contribution is -0.131. The molecule has 0 radical (unpaired) electrons. The molecule has 6 heteroatoms. The first-order chi connectivity index (χ1) is 12.9. The van der Waals surface area contributed by atoms with Crippen LogP contribution in [0, 0.1) is 13.8 Å². The Hall–Kier alpha value is -2.89. The molecule has 1 aromatic heterocycles. The monoisotopic (exact) mass is 365 g/mol. The van der Waals surface area contributed by atoms with Crippen molar-refractivity contribution in [1.82, 2.24) is 14.8 Å². The lowest BCUT2D eigenvalue weighted by Crippen LogP contribution is -2.42. The van der Waals surface area contributed by atoms with Crippen molar-refractivity contribution in [3.63, 3.8) is 0 Å². The molecule has 1 unspecified atom stereocenters. The summed E-state index contributed by atoms with van der Waals surface area (Å²) in [6.07, 6.45) is 1.27. The largest absolute Gasteiger partial charge is 0.349 e. The minimum Gasteiger partial charge on any atom is -0.349 e. The van der Waals surface area contributed by atoms with Crippen molar-refractivity contribution in [2.24, 2.45) is 0 Å². The first kappa shape index (κ1) is 17.5. The Balaban J connectivity index is 1.62. The molecular formula is C21H23N3O3. The van der Waals surface area contributed by atoms with Crippen molar-refractivity contribution in [2.45, 2.75) is 45.7 Å². The maximum absolute atomic E-state index is 13.2. The average molecular weight is 365 g/mol. The number of hydrogen-bond acceptors (Lipinski definition) is 3.